The standard InChI is InChI=1S/C26H33N7O/c1-15(2)24-19-10-21(18-6-8-32(9-7-18)13-23(34)27-5)28-11-22(19)31-25(24)20-12-33-26(29-14-30-33)17(4)16(20)3/h10-12,14-15,18,31H,6-9,13H2,1-5H3,(H,27,34). The molecule has 5 heterocycles. The zero-order valence-corrected chi connectivity index (χ0v) is 20.6. The van der Waals surface area contributed by atoms with Crippen LogP contribution in [0.5, 0.6) is 0 Å². The highest BCUT2D eigenvalue weighted by Gasteiger charge is 2.25. The summed E-state index contributed by atoms with van der Waals surface area (Å²) in [6, 6.07) is 2.29. The number of pyridine rings is 2. The molecule has 178 valence electrons. The van der Waals surface area contributed by atoms with Crippen LogP contribution in [0.3, 0.4) is 0 Å². The number of aryl methyl sites for hydroxylation is 1. The number of nitrogens with one attached hydrogen (secondary N) is 2. The molecule has 0 atom stereocenters. The number of H-pyrrole nitrogens is 1. The Labute approximate surface area is 199 Å². The lowest BCUT2D eigenvalue weighted by Gasteiger charge is -2.31. The number of likely N-dealkylation sites (tertiary alicyclic amines) is 1. The summed E-state index contributed by atoms with van der Waals surface area (Å²) in [5.74, 6) is 0.841. The third-order valence-corrected chi connectivity index (χ3v) is 7.37. The SMILES string of the molecule is CNC(=O)CN1CCC(c2cc3c(C(C)C)c(-c4cn5ncnc5c(C)c4C)[nH]c3cn2)CC1. The van der Waals surface area contributed by atoms with Gasteiger partial charge in [-0.1, -0.05) is 13.8 Å². The Bertz CT molecular complexity index is 1360. The number of piperidine rings is 1. The summed E-state index contributed by atoms with van der Waals surface area (Å²) in [6.45, 7) is 11.1. The molecule has 8 heteroatoms. The quantitative estimate of drug-likeness (QED) is 0.472. The summed E-state index contributed by atoms with van der Waals surface area (Å²) in [6.07, 6.45) is 7.72. The predicted molar refractivity (Wildman–Crippen MR) is 134 cm³/mol. The number of rotatable bonds is 5. The highest BCUT2D eigenvalue weighted by molar-refractivity contribution is 5.92. The number of amides is 1. The Morgan fingerprint density at radius 1 is 1.21 bits per heavy atom. The van der Waals surface area contributed by atoms with Crippen molar-refractivity contribution < 1.29 is 4.79 Å². The van der Waals surface area contributed by atoms with E-state index in [0.29, 0.717) is 18.4 Å². The summed E-state index contributed by atoms with van der Waals surface area (Å²) in [5.41, 5.74) is 9.08. The van der Waals surface area contributed by atoms with E-state index in [-0.39, 0.29) is 5.91 Å². The summed E-state index contributed by atoms with van der Waals surface area (Å²) in [4.78, 5) is 26.9. The first-order valence-corrected chi connectivity index (χ1v) is 12.1. The lowest BCUT2D eigenvalue weighted by Crippen LogP contribution is -2.40. The van der Waals surface area contributed by atoms with Gasteiger partial charge in [0.05, 0.1) is 24.0 Å². The molecule has 0 saturated carbocycles. The van der Waals surface area contributed by atoms with Crippen molar-refractivity contribution in [1.29, 1.82) is 0 Å². The van der Waals surface area contributed by atoms with Gasteiger partial charge < -0.3 is 10.3 Å². The molecule has 1 saturated heterocycles. The average Bonchev–Trinajstić information content (AvgIpc) is 3.46. The van der Waals surface area contributed by atoms with E-state index in [4.69, 9.17) is 4.98 Å². The second-order valence-electron chi connectivity index (χ2n) is 9.77. The Morgan fingerprint density at radius 3 is 2.68 bits per heavy atom. The van der Waals surface area contributed by atoms with Crippen LogP contribution in [0, 0.1) is 13.8 Å². The van der Waals surface area contributed by atoms with Crippen LogP contribution in [0.4, 0.5) is 0 Å². The van der Waals surface area contributed by atoms with Crippen LogP contribution in [0.25, 0.3) is 27.8 Å². The number of carbonyl (C=O) groups excluding carboxylic acids is 1. The molecular weight excluding hydrogens is 426 g/mol. The van der Waals surface area contributed by atoms with E-state index in [2.05, 4.69) is 65.2 Å². The van der Waals surface area contributed by atoms with Gasteiger partial charge in [-0.05, 0) is 68.5 Å². The first kappa shape index (κ1) is 22.5. The molecule has 1 fully saturated rings. The van der Waals surface area contributed by atoms with Crippen molar-refractivity contribution in [3.8, 4) is 11.3 Å². The molecule has 2 N–H and O–H groups in total. The van der Waals surface area contributed by atoms with E-state index in [9.17, 15) is 4.79 Å². The molecule has 1 amide bonds. The molecule has 0 bridgehead atoms. The van der Waals surface area contributed by atoms with Gasteiger partial charge in [0.25, 0.3) is 0 Å². The molecule has 1 aliphatic rings. The lowest BCUT2D eigenvalue weighted by atomic mass is 9.90. The van der Waals surface area contributed by atoms with Crippen LogP contribution in [0.15, 0.2) is 24.8 Å². The van der Waals surface area contributed by atoms with Gasteiger partial charge in [0.1, 0.15) is 6.33 Å². The van der Waals surface area contributed by atoms with Gasteiger partial charge in [-0.25, -0.2) is 9.50 Å². The number of aromatic amines is 1. The van der Waals surface area contributed by atoms with E-state index in [1.54, 1.807) is 13.4 Å². The van der Waals surface area contributed by atoms with Crippen molar-refractivity contribution in [3.05, 3.63) is 47.2 Å². The molecule has 8 nitrogen and oxygen atoms in total. The van der Waals surface area contributed by atoms with Gasteiger partial charge >= 0.3 is 0 Å². The monoisotopic (exact) mass is 459 g/mol. The minimum atomic E-state index is 0.0778. The number of likely N-dealkylation sites (N-methyl/N-ethyl adjacent to an activating group) is 1. The molecule has 4 aromatic rings. The van der Waals surface area contributed by atoms with E-state index in [1.807, 2.05) is 10.7 Å². The average molecular weight is 460 g/mol. The number of nitrogens with zero attached hydrogens (tertiary/aromatic N) is 5. The highest BCUT2D eigenvalue weighted by atomic mass is 16.1. The first-order valence-electron chi connectivity index (χ1n) is 12.1. The number of carbonyl (C=O) groups is 1. The van der Waals surface area contributed by atoms with Crippen LogP contribution in [0.1, 0.15) is 60.9 Å². The number of fused-ring (bicyclic) bond motifs is 2. The van der Waals surface area contributed by atoms with Gasteiger partial charge in [-0.15, -0.1) is 0 Å². The maximum Gasteiger partial charge on any atom is 0.233 e. The van der Waals surface area contributed by atoms with Gasteiger partial charge in [-0.2, -0.15) is 5.10 Å². The lowest BCUT2D eigenvalue weighted by molar-refractivity contribution is -0.122. The minimum absolute atomic E-state index is 0.0778. The van der Waals surface area contributed by atoms with Crippen LogP contribution in [-0.4, -0.2) is 62.1 Å². The van der Waals surface area contributed by atoms with Gasteiger partial charge in [0, 0.05) is 35.8 Å². The van der Waals surface area contributed by atoms with Crippen LogP contribution in [-0.2, 0) is 4.79 Å². The third kappa shape index (κ3) is 3.86. The van der Waals surface area contributed by atoms with Crippen molar-refractivity contribution in [2.45, 2.75) is 52.4 Å². The van der Waals surface area contributed by atoms with Crippen molar-refractivity contribution in [1.82, 2.24) is 34.8 Å². The summed E-state index contributed by atoms with van der Waals surface area (Å²) in [5, 5.41) is 8.36. The normalized spacial score (nSPS) is 15.6. The fourth-order valence-electron chi connectivity index (χ4n) is 5.29. The zero-order valence-electron chi connectivity index (χ0n) is 20.6. The van der Waals surface area contributed by atoms with Crippen LogP contribution in [0.2, 0.25) is 0 Å². The summed E-state index contributed by atoms with van der Waals surface area (Å²) < 4.78 is 1.86. The van der Waals surface area contributed by atoms with Crippen molar-refractivity contribution in [2.75, 3.05) is 26.7 Å². The zero-order chi connectivity index (χ0) is 24.0. The molecular formula is C26H33N7O. The Morgan fingerprint density at radius 2 is 1.97 bits per heavy atom. The fourth-order valence-corrected chi connectivity index (χ4v) is 5.29. The van der Waals surface area contributed by atoms with E-state index in [1.165, 1.54) is 16.5 Å². The van der Waals surface area contributed by atoms with Crippen molar-refractivity contribution in [2.24, 2.45) is 0 Å². The van der Waals surface area contributed by atoms with E-state index in [0.717, 1.165) is 59.6 Å². The van der Waals surface area contributed by atoms with Crippen molar-refractivity contribution >= 4 is 22.5 Å². The predicted octanol–water partition coefficient (Wildman–Crippen LogP) is 3.94. The fraction of sp³-hybridized carbons (Fsp3) is 0.462. The van der Waals surface area contributed by atoms with Crippen LogP contribution < -0.4 is 5.32 Å². The number of aromatic nitrogens is 5. The van der Waals surface area contributed by atoms with Gasteiger partial charge in [0.2, 0.25) is 5.91 Å². The molecule has 4 aromatic heterocycles. The van der Waals surface area contributed by atoms with Crippen molar-refractivity contribution in [3.63, 3.8) is 0 Å². The smallest absolute Gasteiger partial charge is 0.233 e. The molecule has 5 rings (SSSR count). The molecule has 0 aromatic carbocycles. The Hall–Kier alpha value is -3.26. The van der Waals surface area contributed by atoms with Gasteiger partial charge in [0.15, 0.2) is 5.65 Å². The molecule has 34 heavy (non-hydrogen) atoms. The molecule has 1 aliphatic heterocycles. The Balaban J connectivity index is 1.52. The molecule has 0 unspecified atom stereocenters. The van der Waals surface area contributed by atoms with Crippen LogP contribution >= 0.6 is 0 Å². The number of hydrogen-bond acceptors (Lipinski definition) is 5. The van der Waals surface area contributed by atoms with E-state index < -0.39 is 0 Å². The first-order chi connectivity index (χ1) is 16.4. The summed E-state index contributed by atoms with van der Waals surface area (Å²) in [7, 11) is 1.69. The minimum Gasteiger partial charge on any atom is -0.358 e. The second-order valence-corrected chi connectivity index (χ2v) is 9.77. The highest BCUT2D eigenvalue weighted by Crippen LogP contribution is 2.39. The van der Waals surface area contributed by atoms with E-state index >= 15 is 0 Å². The largest absolute Gasteiger partial charge is 0.358 e. The second kappa shape index (κ2) is 8.83. The maximum absolute atomic E-state index is 11.7. The van der Waals surface area contributed by atoms with Gasteiger partial charge in [-0.3, -0.25) is 14.7 Å². The third-order valence-electron chi connectivity index (χ3n) is 7.37. The molecule has 0 spiro atoms. The maximum atomic E-state index is 11.7. The topological polar surface area (TPSA) is 91.2 Å². The summed E-state index contributed by atoms with van der Waals surface area (Å²) >= 11 is 0. The molecule has 0 radical (unpaired) electrons. The Kier molecular flexibility index (Phi) is 5.85. The molecule has 0 aliphatic carbocycles. The number of hydrogen-bond donors (Lipinski definition) is 2.